The van der Waals surface area contributed by atoms with E-state index in [0.29, 0.717) is 13.0 Å². The average Bonchev–Trinajstić information content (AvgIpc) is 2.42. The molecule has 0 fully saturated rings. The average molecular weight is 267 g/mol. The third-order valence-electron chi connectivity index (χ3n) is 2.80. The van der Waals surface area contributed by atoms with Crippen LogP contribution in [0.2, 0.25) is 0 Å². The standard InChI is InChI=1S/C14H21NO4/c1-18-12-5-6-13(19-2)11(10-12)7-9-15-8-3-4-14(16)17/h5-6,10,15H,3-4,7-9H2,1-2H3,(H,16,17). The molecule has 0 heterocycles. The molecule has 0 bridgehead atoms. The van der Waals surface area contributed by atoms with Gasteiger partial charge in [-0.05, 0) is 49.7 Å². The minimum Gasteiger partial charge on any atom is -0.497 e. The Morgan fingerprint density at radius 1 is 1.26 bits per heavy atom. The molecule has 0 saturated carbocycles. The zero-order chi connectivity index (χ0) is 14.1. The Balaban J connectivity index is 2.37. The molecule has 19 heavy (non-hydrogen) atoms. The molecule has 0 spiro atoms. The van der Waals surface area contributed by atoms with Gasteiger partial charge < -0.3 is 19.9 Å². The van der Waals surface area contributed by atoms with Gasteiger partial charge in [0.05, 0.1) is 14.2 Å². The predicted octanol–water partition coefficient (Wildman–Crippen LogP) is 1.70. The number of nitrogens with one attached hydrogen (secondary N) is 1. The zero-order valence-electron chi connectivity index (χ0n) is 11.4. The van der Waals surface area contributed by atoms with Gasteiger partial charge in [0.2, 0.25) is 0 Å². The third kappa shape index (κ3) is 5.61. The molecule has 5 heteroatoms. The minimum absolute atomic E-state index is 0.204. The fourth-order valence-corrected chi connectivity index (χ4v) is 1.79. The number of carboxylic acids is 1. The first-order chi connectivity index (χ1) is 9.17. The Bertz CT molecular complexity index is 406. The molecule has 0 aliphatic heterocycles. The van der Waals surface area contributed by atoms with Crippen molar-refractivity contribution in [1.82, 2.24) is 5.32 Å². The lowest BCUT2D eigenvalue weighted by Gasteiger charge is -2.10. The summed E-state index contributed by atoms with van der Waals surface area (Å²) in [5.74, 6) is 0.895. The highest BCUT2D eigenvalue weighted by atomic mass is 16.5. The van der Waals surface area contributed by atoms with Crippen LogP contribution in [0.5, 0.6) is 11.5 Å². The summed E-state index contributed by atoms with van der Waals surface area (Å²) >= 11 is 0. The van der Waals surface area contributed by atoms with Crippen LogP contribution in [0.1, 0.15) is 18.4 Å². The number of methoxy groups -OCH3 is 2. The fourth-order valence-electron chi connectivity index (χ4n) is 1.79. The van der Waals surface area contributed by atoms with E-state index in [0.717, 1.165) is 30.0 Å². The Kier molecular flexibility index (Phi) is 6.74. The van der Waals surface area contributed by atoms with Gasteiger partial charge in [0.1, 0.15) is 11.5 Å². The van der Waals surface area contributed by atoms with E-state index < -0.39 is 5.97 Å². The minimum atomic E-state index is -0.753. The smallest absolute Gasteiger partial charge is 0.303 e. The maximum absolute atomic E-state index is 10.3. The number of rotatable bonds is 9. The molecule has 0 atom stereocenters. The van der Waals surface area contributed by atoms with Crippen molar-refractivity contribution in [2.75, 3.05) is 27.3 Å². The maximum atomic E-state index is 10.3. The summed E-state index contributed by atoms with van der Waals surface area (Å²) in [7, 11) is 3.28. The predicted molar refractivity (Wildman–Crippen MR) is 73.0 cm³/mol. The first-order valence-corrected chi connectivity index (χ1v) is 6.30. The molecule has 0 aliphatic rings. The van der Waals surface area contributed by atoms with Crippen LogP contribution in [-0.4, -0.2) is 38.4 Å². The van der Waals surface area contributed by atoms with E-state index in [4.69, 9.17) is 14.6 Å². The molecule has 0 amide bonds. The van der Waals surface area contributed by atoms with Crippen molar-refractivity contribution >= 4 is 5.97 Å². The first-order valence-electron chi connectivity index (χ1n) is 6.30. The summed E-state index contributed by atoms with van der Waals surface area (Å²) in [5.41, 5.74) is 1.08. The van der Waals surface area contributed by atoms with Crippen LogP contribution in [0.3, 0.4) is 0 Å². The number of hydrogen-bond acceptors (Lipinski definition) is 4. The molecule has 5 nitrogen and oxygen atoms in total. The van der Waals surface area contributed by atoms with Crippen molar-refractivity contribution in [3.8, 4) is 11.5 Å². The van der Waals surface area contributed by atoms with E-state index in [2.05, 4.69) is 5.32 Å². The summed E-state index contributed by atoms with van der Waals surface area (Å²) in [6.07, 6.45) is 1.66. The largest absolute Gasteiger partial charge is 0.497 e. The molecule has 1 aromatic rings. The quantitative estimate of drug-likeness (QED) is 0.667. The molecule has 0 saturated heterocycles. The van der Waals surface area contributed by atoms with Crippen molar-refractivity contribution in [2.24, 2.45) is 0 Å². The third-order valence-corrected chi connectivity index (χ3v) is 2.80. The molecular formula is C14H21NO4. The van der Waals surface area contributed by atoms with Gasteiger partial charge >= 0.3 is 5.97 Å². The van der Waals surface area contributed by atoms with Crippen molar-refractivity contribution in [2.45, 2.75) is 19.3 Å². The van der Waals surface area contributed by atoms with Gasteiger partial charge in [-0.1, -0.05) is 0 Å². The summed E-state index contributed by atoms with van der Waals surface area (Å²) in [4.78, 5) is 10.3. The molecule has 0 radical (unpaired) electrons. The molecule has 0 unspecified atom stereocenters. The van der Waals surface area contributed by atoms with Crippen molar-refractivity contribution < 1.29 is 19.4 Å². The van der Waals surface area contributed by atoms with Gasteiger partial charge in [-0.15, -0.1) is 0 Å². The van der Waals surface area contributed by atoms with Crippen LogP contribution in [0.25, 0.3) is 0 Å². The Morgan fingerprint density at radius 3 is 2.68 bits per heavy atom. The van der Waals surface area contributed by atoms with Crippen molar-refractivity contribution in [1.29, 1.82) is 0 Å². The van der Waals surface area contributed by atoms with Crippen LogP contribution < -0.4 is 14.8 Å². The topological polar surface area (TPSA) is 67.8 Å². The lowest BCUT2D eigenvalue weighted by Crippen LogP contribution is -2.19. The monoisotopic (exact) mass is 267 g/mol. The Morgan fingerprint density at radius 2 is 2.05 bits per heavy atom. The zero-order valence-corrected chi connectivity index (χ0v) is 11.4. The molecule has 1 aromatic carbocycles. The van der Waals surface area contributed by atoms with E-state index in [9.17, 15) is 4.79 Å². The number of benzene rings is 1. The lowest BCUT2D eigenvalue weighted by molar-refractivity contribution is -0.137. The van der Waals surface area contributed by atoms with Crippen LogP contribution in [-0.2, 0) is 11.2 Å². The molecule has 0 aromatic heterocycles. The second kappa shape index (κ2) is 8.37. The van der Waals surface area contributed by atoms with Gasteiger partial charge in [0.25, 0.3) is 0 Å². The normalized spacial score (nSPS) is 10.2. The van der Waals surface area contributed by atoms with Gasteiger partial charge in [-0.25, -0.2) is 0 Å². The summed E-state index contributed by atoms with van der Waals surface area (Å²) in [5, 5.41) is 11.7. The fraction of sp³-hybridized carbons (Fsp3) is 0.500. The number of carboxylic acid groups (broad SMARTS) is 1. The van der Waals surface area contributed by atoms with E-state index in [1.54, 1.807) is 14.2 Å². The molecule has 0 aliphatic carbocycles. The van der Waals surface area contributed by atoms with Crippen LogP contribution >= 0.6 is 0 Å². The second-order valence-electron chi connectivity index (χ2n) is 4.18. The first kappa shape index (κ1) is 15.3. The number of aliphatic carboxylic acids is 1. The summed E-state index contributed by atoms with van der Waals surface area (Å²) in [6, 6.07) is 5.71. The summed E-state index contributed by atoms with van der Waals surface area (Å²) < 4.78 is 10.5. The second-order valence-corrected chi connectivity index (χ2v) is 4.18. The van der Waals surface area contributed by atoms with E-state index in [1.807, 2.05) is 18.2 Å². The SMILES string of the molecule is COc1ccc(OC)c(CCNCCCC(=O)O)c1. The van der Waals surface area contributed by atoms with Crippen LogP contribution in [0.15, 0.2) is 18.2 Å². The van der Waals surface area contributed by atoms with Gasteiger partial charge in [0.15, 0.2) is 0 Å². The lowest BCUT2D eigenvalue weighted by atomic mass is 10.1. The Hall–Kier alpha value is -1.75. The van der Waals surface area contributed by atoms with Gasteiger partial charge in [-0.2, -0.15) is 0 Å². The van der Waals surface area contributed by atoms with E-state index in [1.165, 1.54) is 0 Å². The number of ether oxygens (including phenoxy) is 2. The van der Waals surface area contributed by atoms with Crippen LogP contribution in [0, 0.1) is 0 Å². The highest BCUT2D eigenvalue weighted by molar-refractivity contribution is 5.66. The molecular weight excluding hydrogens is 246 g/mol. The van der Waals surface area contributed by atoms with E-state index >= 15 is 0 Å². The van der Waals surface area contributed by atoms with Gasteiger partial charge in [-0.3, -0.25) is 4.79 Å². The molecule has 1 rings (SSSR count). The van der Waals surface area contributed by atoms with Crippen LogP contribution in [0.4, 0.5) is 0 Å². The number of hydrogen-bond donors (Lipinski definition) is 2. The maximum Gasteiger partial charge on any atom is 0.303 e. The van der Waals surface area contributed by atoms with Crippen molar-refractivity contribution in [3.05, 3.63) is 23.8 Å². The van der Waals surface area contributed by atoms with E-state index in [-0.39, 0.29) is 6.42 Å². The molecule has 106 valence electrons. The number of carbonyl (C=O) groups is 1. The highest BCUT2D eigenvalue weighted by Gasteiger charge is 2.04. The molecule has 2 N–H and O–H groups in total. The highest BCUT2D eigenvalue weighted by Crippen LogP contribution is 2.23. The van der Waals surface area contributed by atoms with Gasteiger partial charge in [0, 0.05) is 6.42 Å². The van der Waals surface area contributed by atoms with Crippen molar-refractivity contribution in [3.63, 3.8) is 0 Å². The Labute approximate surface area is 113 Å². The summed E-state index contributed by atoms with van der Waals surface area (Å²) in [6.45, 7) is 1.49.